The molecule has 1 aliphatic carbocycles. The molecule has 3 rings (SSSR count). The van der Waals surface area contributed by atoms with Gasteiger partial charge in [0.15, 0.2) is 0 Å². The van der Waals surface area contributed by atoms with Crippen molar-refractivity contribution in [3.8, 4) is 0 Å². The fraction of sp³-hybridized carbons (Fsp3) is 0.619. The zero-order chi connectivity index (χ0) is 19.3. The largest absolute Gasteiger partial charge is 0.465 e. The average Bonchev–Trinajstić information content (AvgIpc) is 3.09. The lowest BCUT2D eigenvalue weighted by atomic mass is 9.64. The van der Waals surface area contributed by atoms with Crippen LogP contribution in [0.25, 0.3) is 0 Å². The van der Waals surface area contributed by atoms with E-state index in [0.717, 1.165) is 36.1 Å². The van der Waals surface area contributed by atoms with Crippen LogP contribution in [-0.4, -0.2) is 34.1 Å². The Balaban J connectivity index is 2.10. The SMILES string of the molecule is Cc1cccc(C)c1NC(=O)C1(C(C)(C)C)C2CCCC2CN1C(=O)O. The van der Waals surface area contributed by atoms with Gasteiger partial charge in [-0.25, -0.2) is 4.79 Å². The molecular weight excluding hydrogens is 328 g/mol. The summed E-state index contributed by atoms with van der Waals surface area (Å²) in [6.07, 6.45) is 1.98. The molecule has 1 aromatic carbocycles. The Hall–Kier alpha value is -2.04. The molecule has 1 heterocycles. The topological polar surface area (TPSA) is 69.6 Å². The van der Waals surface area contributed by atoms with E-state index in [-0.39, 0.29) is 17.7 Å². The number of carboxylic acid groups (broad SMARTS) is 1. The van der Waals surface area contributed by atoms with E-state index in [4.69, 9.17) is 0 Å². The Morgan fingerprint density at radius 1 is 1.19 bits per heavy atom. The number of aryl methyl sites for hydroxylation is 2. The van der Waals surface area contributed by atoms with Gasteiger partial charge < -0.3 is 10.4 Å². The maximum atomic E-state index is 13.7. The highest BCUT2D eigenvalue weighted by Gasteiger charge is 2.66. The number of hydrogen-bond donors (Lipinski definition) is 2. The van der Waals surface area contributed by atoms with Gasteiger partial charge >= 0.3 is 6.09 Å². The van der Waals surface area contributed by atoms with Crippen LogP contribution in [0.2, 0.25) is 0 Å². The van der Waals surface area contributed by atoms with Crippen molar-refractivity contribution in [3.63, 3.8) is 0 Å². The molecule has 0 aromatic heterocycles. The van der Waals surface area contributed by atoms with Gasteiger partial charge in [0.25, 0.3) is 5.91 Å². The highest BCUT2D eigenvalue weighted by Crippen LogP contribution is 2.56. The number of para-hydroxylation sites is 1. The van der Waals surface area contributed by atoms with Crippen molar-refractivity contribution in [2.24, 2.45) is 17.3 Å². The molecule has 1 saturated heterocycles. The Kier molecular flexibility index (Phi) is 4.53. The molecule has 142 valence electrons. The number of carbonyl (C=O) groups excluding carboxylic acids is 1. The van der Waals surface area contributed by atoms with Gasteiger partial charge in [-0.05, 0) is 55.1 Å². The monoisotopic (exact) mass is 358 g/mol. The maximum Gasteiger partial charge on any atom is 0.408 e. The van der Waals surface area contributed by atoms with Crippen molar-refractivity contribution in [2.45, 2.75) is 59.4 Å². The summed E-state index contributed by atoms with van der Waals surface area (Å²) in [6, 6.07) is 5.90. The second-order valence-electron chi connectivity index (χ2n) is 8.93. The first-order chi connectivity index (χ1) is 12.1. The lowest BCUT2D eigenvalue weighted by Gasteiger charge is -2.48. The van der Waals surface area contributed by atoms with Crippen molar-refractivity contribution >= 4 is 17.7 Å². The molecule has 5 heteroatoms. The smallest absolute Gasteiger partial charge is 0.408 e. The third-order valence-corrected chi connectivity index (χ3v) is 6.48. The molecule has 2 N–H and O–H groups in total. The van der Waals surface area contributed by atoms with E-state index in [1.165, 1.54) is 4.90 Å². The Labute approximate surface area is 155 Å². The van der Waals surface area contributed by atoms with Crippen LogP contribution in [0.3, 0.4) is 0 Å². The first kappa shape index (κ1) is 18.7. The molecule has 2 fully saturated rings. The summed E-state index contributed by atoms with van der Waals surface area (Å²) in [5.74, 6) is 0.163. The first-order valence-corrected chi connectivity index (χ1v) is 9.49. The Morgan fingerprint density at radius 2 is 1.81 bits per heavy atom. The predicted molar refractivity (Wildman–Crippen MR) is 102 cm³/mol. The number of fused-ring (bicyclic) bond motifs is 1. The fourth-order valence-electron chi connectivity index (χ4n) is 5.43. The molecule has 2 amide bonds. The zero-order valence-corrected chi connectivity index (χ0v) is 16.4. The van der Waals surface area contributed by atoms with Crippen molar-refractivity contribution < 1.29 is 14.7 Å². The van der Waals surface area contributed by atoms with Crippen LogP contribution in [0.4, 0.5) is 10.5 Å². The standard InChI is InChI=1S/C21H30N2O3/c1-13-8-6-9-14(2)17(13)22-18(24)21(20(3,4)5)16-11-7-10-15(16)12-23(21)19(25)26/h6,8-9,15-16H,7,10-12H2,1-5H3,(H,22,24)(H,25,26). The Morgan fingerprint density at radius 3 is 2.35 bits per heavy atom. The summed E-state index contributed by atoms with van der Waals surface area (Å²) >= 11 is 0. The van der Waals surface area contributed by atoms with Gasteiger partial charge in [-0.2, -0.15) is 0 Å². The van der Waals surface area contributed by atoms with Crippen molar-refractivity contribution in [1.29, 1.82) is 0 Å². The molecule has 1 aromatic rings. The lowest BCUT2D eigenvalue weighted by Crippen LogP contribution is -2.65. The van der Waals surface area contributed by atoms with Crippen LogP contribution < -0.4 is 5.32 Å². The molecule has 0 radical (unpaired) electrons. The Bertz CT molecular complexity index is 717. The van der Waals surface area contributed by atoms with Crippen LogP contribution in [0.1, 0.15) is 51.2 Å². The minimum absolute atomic E-state index is 0.0722. The average molecular weight is 358 g/mol. The molecule has 5 nitrogen and oxygen atoms in total. The highest BCUT2D eigenvalue weighted by molar-refractivity contribution is 6.02. The predicted octanol–water partition coefficient (Wildman–Crippen LogP) is 4.44. The van der Waals surface area contributed by atoms with E-state index in [1.54, 1.807) is 0 Å². The van der Waals surface area contributed by atoms with E-state index in [9.17, 15) is 14.7 Å². The van der Waals surface area contributed by atoms with Gasteiger partial charge in [0.05, 0.1) is 0 Å². The zero-order valence-electron chi connectivity index (χ0n) is 16.4. The van der Waals surface area contributed by atoms with Gasteiger partial charge in [-0.15, -0.1) is 0 Å². The van der Waals surface area contributed by atoms with E-state index in [0.29, 0.717) is 6.54 Å². The van der Waals surface area contributed by atoms with Gasteiger partial charge in [-0.1, -0.05) is 45.4 Å². The number of likely N-dealkylation sites (tertiary alicyclic amines) is 1. The fourth-order valence-corrected chi connectivity index (χ4v) is 5.43. The summed E-state index contributed by atoms with van der Waals surface area (Å²) in [5.41, 5.74) is 1.23. The summed E-state index contributed by atoms with van der Waals surface area (Å²) in [4.78, 5) is 27.3. The molecule has 26 heavy (non-hydrogen) atoms. The molecule has 3 unspecified atom stereocenters. The minimum Gasteiger partial charge on any atom is -0.465 e. The number of hydrogen-bond acceptors (Lipinski definition) is 2. The third-order valence-electron chi connectivity index (χ3n) is 6.48. The van der Waals surface area contributed by atoms with Crippen LogP contribution >= 0.6 is 0 Å². The van der Waals surface area contributed by atoms with E-state index < -0.39 is 17.0 Å². The van der Waals surface area contributed by atoms with E-state index in [2.05, 4.69) is 5.32 Å². The summed E-state index contributed by atoms with van der Waals surface area (Å²) in [7, 11) is 0. The second kappa shape index (κ2) is 6.29. The van der Waals surface area contributed by atoms with Crippen LogP contribution in [-0.2, 0) is 4.79 Å². The molecule has 1 saturated carbocycles. The first-order valence-electron chi connectivity index (χ1n) is 9.49. The van der Waals surface area contributed by atoms with Gasteiger partial charge in [0.1, 0.15) is 5.54 Å². The molecule has 0 spiro atoms. The molecule has 3 atom stereocenters. The number of benzene rings is 1. The molecular formula is C21H30N2O3. The van der Waals surface area contributed by atoms with Gasteiger partial charge in [-0.3, -0.25) is 9.69 Å². The highest BCUT2D eigenvalue weighted by atomic mass is 16.4. The van der Waals surface area contributed by atoms with Crippen LogP contribution in [0, 0.1) is 31.1 Å². The molecule has 0 bridgehead atoms. The number of nitrogens with zero attached hydrogens (tertiary/aromatic N) is 1. The van der Waals surface area contributed by atoms with Gasteiger partial charge in [0, 0.05) is 12.2 Å². The molecule has 1 aliphatic heterocycles. The number of anilines is 1. The number of amides is 2. The summed E-state index contributed by atoms with van der Waals surface area (Å²) in [5, 5.41) is 13.1. The normalized spacial score (nSPS) is 28.1. The second-order valence-corrected chi connectivity index (χ2v) is 8.93. The summed E-state index contributed by atoms with van der Waals surface area (Å²) < 4.78 is 0. The van der Waals surface area contributed by atoms with Crippen molar-refractivity contribution in [2.75, 3.05) is 11.9 Å². The van der Waals surface area contributed by atoms with Crippen molar-refractivity contribution in [3.05, 3.63) is 29.3 Å². The number of rotatable bonds is 2. The van der Waals surface area contributed by atoms with Crippen molar-refractivity contribution in [1.82, 2.24) is 4.90 Å². The van der Waals surface area contributed by atoms with Crippen LogP contribution in [0.5, 0.6) is 0 Å². The maximum absolute atomic E-state index is 13.7. The van der Waals surface area contributed by atoms with Gasteiger partial charge in [0.2, 0.25) is 0 Å². The van der Waals surface area contributed by atoms with E-state index >= 15 is 0 Å². The quantitative estimate of drug-likeness (QED) is 0.821. The number of carbonyl (C=O) groups is 2. The third kappa shape index (κ3) is 2.60. The molecule has 2 aliphatic rings. The summed E-state index contributed by atoms with van der Waals surface area (Å²) in [6.45, 7) is 10.4. The number of nitrogens with one attached hydrogen (secondary N) is 1. The van der Waals surface area contributed by atoms with E-state index in [1.807, 2.05) is 52.8 Å². The minimum atomic E-state index is -1.05. The van der Waals surface area contributed by atoms with Crippen LogP contribution in [0.15, 0.2) is 18.2 Å². The lowest BCUT2D eigenvalue weighted by molar-refractivity contribution is -0.135.